The number of hydrogen-bond acceptors (Lipinski definition) is 5. The van der Waals surface area contributed by atoms with Crippen LogP contribution in [0.15, 0.2) is 53.3 Å². The lowest BCUT2D eigenvalue weighted by molar-refractivity contribution is -0.137. The van der Waals surface area contributed by atoms with E-state index in [1.165, 1.54) is 17.0 Å². The molecule has 0 radical (unpaired) electrons. The van der Waals surface area contributed by atoms with Crippen molar-refractivity contribution >= 4 is 5.91 Å². The van der Waals surface area contributed by atoms with Gasteiger partial charge in [0.15, 0.2) is 0 Å². The molecule has 1 aromatic carbocycles. The van der Waals surface area contributed by atoms with Gasteiger partial charge in [0, 0.05) is 36.6 Å². The Kier molecular flexibility index (Phi) is 4.14. The molecule has 0 bridgehead atoms. The third-order valence-corrected chi connectivity index (χ3v) is 4.34. The molecule has 1 amide bonds. The summed E-state index contributed by atoms with van der Waals surface area (Å²) < 4.78 is 43.1. The van der Waals surface area contributed by atoms with Crippen molar-refractivity contribution in [3.8, 4) is 11.4 Å². The zero-order valence-electron chi connectivity index (χ0n) is 13.8. The van der Waals surface area contributed by atoms with Crippen LogP contribution < -0.4 is 0 Å². The molecular formula is C18H13F3N4O2. The maximum atomic E-state index is 12.6. The van der Waals surface area contributed by atoms with Gasteiger partial charge in [-0.1, -0.05) is 5.16 Å². The van der Waals surface area contributed by atoms with Gasteiger partial charge in [0.25, 0.3) is 5.91 Å². The minimum Gasteiger partial charge on any atom is -0.339 e. The number of carbonyl (C=O) groups is 1. The highest BCUT2D eigenvalue weighted by Crippen LogP contribution is 2.31. The van der Waals surface area contributed by atoms with Crippen molar-refractivity contribution in [2.45, 2.75) is 12.1 Å². The summed E-state index contributed by atoms with van der Waals surface area (Å²) in [7, 11) is 0. The predicted molar refractivity (Wildman–Crippen MR) is 87.6 cm³/mol. The van der Waals surface area contributed by atoms with E-state index >= 15 is 0 Å². The SMILES string of the molecule is O=C(c1ccc(C(F)(F)F)cc1)N1CC(c2nc(-c3cccnc3)no2)C1. The van der Waals surface area contributed by atoms with E-state index < -0.39 is 11.7 Å². The Morgan fingerprint density at radius 1 is 1.15 bits per heavy atom. The van der Waals surface area contributed by atoms with Crippen molar-refractivity contribution in [3.63, 3.8) is 0 Å². The quantitative estimate of drug-likeness (QED) is 0.703. The van der Waals surface area contributed by atoms with Gasteiger partial charge in [-0.2, -0.15) is 18.2 Å². The lowest BCUT2D eigenvalue weighted by Gasteiger charge is -2.37. The molecular weight excluding hydrogens is 361 g/mol. The number of alkyl halides is 3. The molecule has 0 N–H and O–H groups in total. The van der Waals surface area contributed by atoms with E-state index in [0.717, 1.165) is 17.7 Å². The van der Waals surface area contributed by atoms with Crippen LogP contribution in [0.3, 0.4) is 0 Å². The third kappa shape index (κ3) is 3.40. The van der Waals surface area contributed by atoms with E-state index in [4.69, 9.17) is 4.52 Å². The molecule has 9 heteroatoms. The first kappa shape index (κ1) is 17.2. The van der Waals surface area contributed by atoms with Gasteiger partial charge in [-0.05, 0) is 36.4 Å². The van der Waals surface area contributed by atoms with Gasteiger partial charge in [-0.3, -0.25) is 9.78 Å². The summed E-state index contributed by atoms with van der Waals surface area (Å²) in [5.41, 5.74) is 0.155. The summed E-state index contributed by atoms with van der Waals surface area (Å²) in [5.74, 6) is 0.421. The molecule has 27 heavy (non-hydrogen) atoms. The van der Waals surface area contributed by atoms with Crippen LogP contribution >= 0.6 is 0 Å². The first-order valence-corrected chi connectivity index (χ1v) is 8.12. The minimum absolute atomic E-state index is 0.0960. The Balaban J connectivity index is 1.39. The predicted octanol–water partition coefficient (Wildman–Crippen LogP) is 3.39. The second-order valence-electron chi connectivity index (χ2n) is 6.18. The molecule has 3 heterocycles. The number of nitrogens with zero attached hydrogens (tertiary/aromatic N) is 4. The average molecular weight is 374 g/mol. The molecule has 1 fully saturated rings. The number of amides is 1. The largest absolute Gasteiger partial charge is 0.416 e. The van der Waals surface area contributed by atoms with Crippen molar-refractivity contribution in [3.05, 3.63) is 65.8 Å². The van der Waals surface area contributed by atoms with Crippen molar-refractivity contribution < 1.29 is 22.5 Å². The molecule has 138 valence electrons. The monoisotopic (exact) mass is 374 g/mol. The summed E-state index contributed by atoms with van der Waals surface area (Å²) in [6, 6.07) is 7.75. The molecule has 1 aliphatic rings. The van der Waals surface area contributed by atoms with Gasteiger partial charge in [0.05, 0.1) is 11.5 Å². The molecule has 0 aliphatic carbocycles. The van der Waals surface area contributed by atoms with Gasteiger partial charge in [0.1, 0.15) is 0 Å². The van der Waals surface area contributed by atoms with Crippen molar-refractivity contribution in [1.29, 1.82) is 0 Å². The van der Waals surface area contributed by atoms with Crippen LogP contribution in [0.4, 0.5) is 13.2 Å². The fraction of sp³-hybridized carbons (Fsp3) is 0.222. The first-order chi connectivity index (χ1) is 12.9. The number of rotatable bonds is 3. The van der Waals surface area contributed by atoms with E-state index in [9.17, 15) is 18.0 Å². The summed E-state index contributed by atoms with van der Waals surface area (Å²) in [6.45, 7) is 0.739. The summed E-state index contributed by atoms with van der Waals surface area (Å²) >= 11 is 0. The van der Waals surface area contributed by atoms with Crippen molar-refractivity contribution in [1.82, 2.24) is 20.0 Å². The van der Waals surface area contributed by atoms with E-state index in [-0.39, 0.29) is 17.4 Å². The number of pyridine rings is 1. The van der Waals surface area contributed by atoms with Crippen LogP contribution in [0, 0.1) is 0 Å². The van der Waals surface area contributed by atoms with Crippen LogP contribution in [-0.2, 0) is 6.18 Å². The number of carbonyl (C=O) groups excluding carboxylic acids is 1. The van der Waals surface area contributed by atoms with E-state index in [2.05, 4.69) is 15.1 Å². The second-order valence-corrected chi connectivity index (χ2v) is 6.18. The van der Waals surface area contributed by atoms with Gasteiger partial charge < -0.3 is 9.42 Å². The minimum atomic E-state index is -4.42. The van der Waals surface area contributed by atoms with Gasteiger partial charge >= 0.3 is 6.18 Å². The fourth-order valence-electron chi connectivity index (χ4n) is 2.80. The molecule has 0 unspecified atom stereocenters. The molecule has 0 spiro atoms. The Bertz CT molecular complexity index is 949. The summed E-state index contributed by atoms with van der Waals surface area (Å²) in [4.78, 5) is 22.2. The van der Waals surface area contributed by atoms with Crippen LogP contribution in [0.2, 0.25) is 0 Å². The van der Waals surface area contributed by atoms with Crippen LogP contribution in [-0.4, -0.2) is 39.0 Å². The molecule has 3 aromatic rings. The highest BCUT2D eigenvalue weighted by Gasteiger charge is 2.36. The van der Waals surface area contributed by atoms with Crippen molar-refractivity contribution in [2.75, 3.05) is 13.1 Å². The molecule has 1 aliphatic heterocycles. The molecule has 6 nitrogen and oxygen atoms in total. The fourth-order valence-corrected chi connectivity index (χ4v) is 2.80. The van der Waals surface area contributed by atoms with Crippen LogP contribution in [0.1, 0.15) is 27.7 Å². The smallest absolute Gasteiger partial charge is 0.339 e. The van der Waals surface area contributed by atoms with E-state index in [0.29, 0.717) is 24.8 Å². The third-order valence-electron chi connectivity index (χ3n) is 4.34. The summed E-state index contributed by atoms with van der Waals surface area (Å²) in [6.07, 6.45) is -1.16. The first-order valence-electron chi connectivity index (χ1n) is 8.12. The van der Waals surface area contributed by atoms with Gasteiger partial charge in [-0.25, -0.2) is 0 Å². The van der Waals surface area contributed by atoms with Crippen LogP contribution in [0.5, 0.6) is 0 Å². The maximum absolute atomic E-state index is 12.6. The average Bonchev–Trinajstić information content (AvgIpc) is 3.10. The maximum Gasteiger partial charge on any atom is 0.416 e. The highest BCUT2D eigenvalue weighted by molar-refractivity contribution is 5.94. The normalized spacial score (nSPS) is 14.9. The molecule has 4 rings (SSSR count). The summed E-state index contributed by atoms with van der Waals surface area (Å²) in [5, 5.41) is 3.91. The topological polar surface area (TPSA) is 72.1 Å². The van der Waals surface area contributed by atoms with Crippen LogP contribution in [0.25, 0.3) is 11.4 Å². The Morgan fingerprint density at radius 3 is 2.52 bits per heavy atom. The molecule has 0 atom stereocenters. The Morgan fingerprint density at radius 2 is 1.89 bits per heavy atom. The molecule has 2 aromatic heterocycles. The Hall–Kier alpha value is -3.23. The number of likely N-dealkylation sites (tertiary alicyclic amines) is 1. The van der Waals surface area contributed by atoms with Crippen molar-refractivity contribution in [2.24, 2.45) is 0 Å². The zero-order chi connectivity index (χ0) is 19.0. The number of halogens is 3. The Labute approximate surface area is 151 Å². The highest BCUT2D eigenvalue weighted by atomic mass is 19.4. The lowest BCUT2D eigenvalue weighted by Crippen LogP contribution is -2.48. The number of aromatic nitrogens is 3. The van der Waals surface area contributed by atoms with E-state index in [1.807, 2.05) is 6.07 Å². The molecule has 1 saturated heterocycles. The second kappa shape index (κ2) is 6.49. The van der Waals surface area contributed by atoms with E-state index in [1.54, 1.807) is 18.5 Å². The van der Waals surface area contributed by atoms with Gasteiger partial charge in [-0.15, -0.1) is 0 Å². The standard InChI is InChI=1S/C18H13F3N4O2/c19-18(20,21)14-5-3-11(4-6-14)17(26)25-9-13(10-25)16-23-15(24-27-16)12-2-1-7-22-8-12/h1-8,13H,9-10H2. The number of benzene rings is 1. The van der Waals surface area contributed by atoms with Gasteiger partial charge in [0.2, 0.25) is 11.7 Å². The molecule has 0 saturated carbocycles. The number of hydrogen-bond donors (Lipinski definition) is 0. The zero-order valence-corrected chi connectivity index (χ0v) is 13.8. The lowest BCUT2D eigenvalue weighted by atomic mass is 9.98.